The van der Waals surface area contributed by atoms with Crippen LogP contribution in [0, 0.1) is 11.3 Å². The Kier molecular flexibility index (Phi) is 5.61. The maximum atomic E-state index is 11.5. The Morgan fingerprint density at radius 2 is 2.13 bits per heavy atom. The quantitative estimate of drug-likeness (QED) is 0.550. The number of nitriles is 1. The minimum Gasteiger partial charge on any atom is -0.462 e. The zero-order chi connectivity index (χ0) is 22.3. The lowest BCUT2D eigenvalue weighted by molar-refractivity contribution is -0.169. The Hall–Kier alpha value is -2.55. The van der Waals surface area contributed by atoms with E-state index in [4.69, 9.17) is 19.9 Å². The third-order valence-corrected chi connectivity index (χ3v) is 7.64. The minimum absolute atomic E-state index is 0.230. The van der Waals surface area contributed by atoms with Gasteiger partial charge >= 0.3 is 5.97 Å². The Balaban J connectivity index is 2.16. The number of anilines is 1. The number of nitrogen functional groups attached to an aromatic ring is 1. The van der Waals surface area contributed by atoms with Gasteiger partial charge < -0.3 is 19.9 Å². The molecule has 3 heterocycles. The van der Waals surface area contributed by atoms with Crippen LogP contribution in [-0.2, 0) is 24.4 Å². The third kappa shape index (κ3) is 3.78. The van der Waals surface area contributed by atoms with Gasteiger partial charge in [0, 0.05) is 13.3 Å². The number of imidazole rings is 1. The highest BCUT2D eigenvalue weighted by Gasteiger charge is 2.61. The summed E-state index contributed by atoms with van der Waals surface area (Å²) in [6.07, 6.45) is 2.75. The van der Waals surface area contributed by atoms with Crippen molar-refractivity contribution in [3.05, 3.63) is 12.7 Å². The smallest absolute Gasteiger partial charge is 0.302 e. The molecule has 2 N–H and O–H groups in total. The van der Waals surface area contributed by atoms with Crippen LogP contribution in [0.4, 0.5) is 5.82 Å². The van der Waals surface area contributed by atoms with Crippen molar-refractivity contribution < 1.29 is 19.0 Å². The van der Waals surface area contributed by atoms with E-state index in [1.165, 1.54) is 13.3 Å². The zero-order valence-electron chi connectivity index (χ0n) is 18.2. The predicted octanol–water partition coefficient (Wildman–Crippen LogP) is 1.52. The summed E-state index contributed by atoms with van der Waals surface area (Å²) in [6, 6.07) is 2.24. The second-order valence-corrected chi connectivity index (χ2v) is 12.1. The van der Waals surface area contributed by atoms with Gasteiger partial charge in [-0.25, -0.2) is 15.0 Å². The molecule has 2 aromatic rings. The van der Waals surface area contributed by atoms with Gasteiger partial charge in [0.15, 0.2) is 11.5 Å². The Morgan fingerprint density at radius 3 is 2.70 bits per heavy atom. The van der Waals surface area contributed by atoms with Crippen molar-refractivity contribution >= 4 is 31.7 Å². The summed E-state index contributed by atoms with van der Waals surface area (Å²) in [7, 11) is -1.70. The maximum Gasteiger partial charge on any atom is 0.302 e. The molecule has 0 aromatic carbocycles. The molecule has 0 saturated carbocycles. The molecule has 0 bridgehead atoms. The number of hydrogen-bond donors (Lipinski definition) is 1. The van der Waals surface area contributed by atoms with Gasteiger partial charge in [0.2, 0.25) is 5.60 Å². The molecule has 0 unspecified atom stereocenters. The van der Waals surface area contributed by atoms with Crippen LogP contribution in [0.1, 0.15) is 34.1 Å². The number of ether oxygens (including phenoxy) is 3. The average molecular weight is 433 g/mol. The SMILES string of the molecule is CC(=O)OC[C@@]1(C#N)O[C@](n2cnc3c(N)ncnc32)([SiH](C)C)C[C@@H]1OC(C)(C)C. The highest BCUT2D eigenvalue weighted by atomic mass is 28.3. The molecular formula is C19H28N6O4Si. The van der Waals surface area contributed by atoms with Gasteiger partial charge in [-0.15, -0.1) is 0 Å². The third-order valence-electron chi connectivity index (χ3n) is 5.20. The van der Waals surface area contributed by atoms with Gasteiger partial charge in [-0.1, -0.05) is 13.1 Å². The van der Waals surface area contributed by atoms with Crippen LogP contribution in [-0.4, -0.2) is 58.2 Å². The molecule has 2 aromatic heterocycles. The number of carbonyl (C=O) groups excluding carboxylic acids is 1. The number of hydrogen-bond acceptors (Lipinski definition) is 9. The number of esters is 1. The van der Waals surface area contributed by atoms with E-state index in [1.807, 2.05) is 25.3 Å². The molecule has 3 rings (SSSR count). The van der Waals surface area contributed by atoms with Crippen molar-refractivity contribution in [3.8, 4) is 6.07 Å². The van der Waals surface area contributed by atoms with Crippen LogP contribution < -0.4 is 5.73 Å². The van der Waals surface area contributed by atoms with E-state index in [-0.39, 0.29) is 12.4 Å². The summed E-state index contributed by atoms with van der Waals surface area (Å²) in [6.45, 7) is 11.0. The number of rotatable bonds is 5. The molecule has 162 valence electrons. The van der Waals surface area contributed by atoms with Crippen LogP contribution in [0.25, 0.3) is 11.2 Å². The number of fused-ring (bicyclic) bond motifs is 1. The van der Waals surface area contributed by atoms with Crippen molar-refractivity contribution in [2.24, 2.45) is 0 Å². The monoisotopic (exact) mass is 432 g/mol. The topological polar surface area (TPSA) is 138 Å². The molecule has 1 aliphatic rings. The fraction of sp³-hybridized carbons (Fsp3) is 0.632. The van der Waals surface area contributed by atoms with E-state index in [9.17, 15) is 10.1 Å². The van der Waals surface area contributed by atoms with Gasteiger partial charge in [0.1, 0.15) is 36.0 Å². The Morgan fingerprint density at radius 1 is 1.43 bits per heavy atom. The van der Waals surface area contributed by atoms with E-state index in [1.54, 1.807) is 6.33 Å². The van der Waals surface area contributed by atoms with Crippen LogP contribution in [0.2, 0.25) is 13.1 Å². The molecular weight excluding hydrogens is 404 g/mol. The zero-order valence-corrected chi connectivity index (χ0v) is 19.3. The second kappa shape index (κ2) is 7.61. The minimum atomic E-state index is -1.70. The van der Waals surface area contributed by atoms with E-state index < -0.39 is 37.4 Å². The summed E-state index contributed by atoms with van der Waals surface area (Å²) in [5.74, 6) is -0.220. The molecule has 3 atom stereocenters. The van der Waals surface area contributed by atoms with Gasteiger partial charge in [-0.2, -0.15) is 5.26 Å². The lowest BCUT2D eigenvalue weighted by atomic mass is 9.98. The summed E-state index contributed by atoms with van der Waals surface area (Å²) in [5, 5.41) is 9.28. The van der Waals surface area contributed by atoms with Gasteiger partial charge in [0.05, 0.1) is 20.7 Å². The van der Waals surface area contributed by atoms with Crippen molar-refractivity contribution in [3.63, 3.8) is 0 Å². The largest absolute Gasteiger partial charge is 0.462 e. The van der Waals surface area contributed by atoms with E-state index in [0.29, 0.717) is 17.6 Å². The molecule has 10 nitrogen and oxygen atoms in total. The van der Waals surface area contributed by atoms with Crippen LogP contribution in [0.3, 0.4) is 0 Å². The first kappa shape index (κ1) is 22.1. The molecule has 1 aliphatic heterocycles. The van der Waals surface area contributed by atoms with Gasteiger partial charge in [-0.05, 0) is 20.8 Å². The van der Waals surface area contributed by atoms with Crippen molar-refractivity contribution in [1.82, 2.24) is 19.5 Å². The highest BCUT2D eigenvalue weighted by Crippen LogP contribution is 2.47. The van der Waals surface area contributed by atoms with Crippen molar-refractivity contribution in [2.45, 2.75) is 69.9 Å². The first-order valence-corrected chi connectivity index (χ1v) is 12.7. The normalized spacial score (nSPS) is 26.8. The summed E-state index contributed by atoms with van der Waals surface area (Å²) in [5.41, 5.74) is 4.96. The highest BCUT2D eigenvalue weighted by molar-refractivity contribution is 6.58. The lowest BCUT2D eigenvalue weighted by Gasteiger charge is -2.35. The summed E-state index contributed by atoms with van der Waals surface area (Å²) in [4.78, 5) is 24.3. The molecule has 0 amide bonds. The number of aromatic nitrogens is 4. The standard InChI is InChI=1S/C19H28N6O4Si/c1-12(26)27-9-18(8-20)13(28-17(2,3)4)7-19(29-18,30(5)6)25-11-24-14-15(21)22-10-23-16(14)25/h10-11,13,30H,7,9H2,1-6H3,(H2,21,22,23)/t13-,18+,19-/m0/s1. The molecule has 11 heteroatoms. The first-order valence-electron chi connectivity index (χ1n) is 9.81. The van der Waals surface area contributed by atoms with Gasteiger partial charge in [-0.3, -0.25) is 9.36 Å². The van der Waals surface area contributed by atoms with E-state index in [2.05, 4.69) is 34.1 Å². The second-order valence-electron chi connectivity index (χ2n) is 8.85. The van der Waals surface area contributed by atoms with Crippen molar-refractivity contribution in [1.29, 1.82) is 5.26 Å². The van der Waals surface area contributed by atoms with Crippen LogP contribution in [0.15, 0.2) is 12.7 Å². The molecule has 0 aliphatic carbocycles. The number of nitrogens with two attached hydrogens (primary N) is 1. The molecule has 0 spiro atoms. The number of carbonyl (C=O) groups is 1. The molecule has 1 fully saturated rings. The van der Waals surface area contributed by atoms with Crippen molar-refractivity contribution in [2.75, 3.05) is 12.3 Å². The predicted molar refractivity (Wildman–Crippen MR) is 112 cm³/mol. The van der Waals surface area contributed by atoms with Crippen LogP contribution >= 0.6 is 0 Å². The molecule has 0 radical (unpaired) electrons. The Labute approximate surface area is 177 Å². The van der Waals surface area contributed by atoms with E-state index in [0.717, 1.165) is 0 Å². The molecule has 1 saturated heterocycles. The van der Waals surface area contributed by atoms with Gasteiger partial charge in [0.25, 0.3) is 0 Å². The summed E-state index contributed by atoms with van der Waals surface area (Å²) >= 11 is 0. The summed E-state index contributed by atoms with van der Waals surface area (Å²) < 4.78 is 19.9. The first-order chi connectivity index (χ1) is 13.9. The molecule has 30 heavy (non-hydrogen) atoms. The lowest BCUT2D eigenvalue weighted by Crippen LogP contribution is -2.49. The fourth-order valence-corrected chi connectivity index (χ4v) is 5.66. The average Bonchev–Trinajstić information content (AvgIpc) is 3.20. The fourth-order valence-electron chi connectivity index (χ4n) is 3.78. The Bertz CT molecular complexity index is 997. The maximum absolute atomic E-state index is 11.5. The van der Waals surface area contributed by atoms with Crippen LogP contribution in [0.5, 0.6) is 0 Å². The number of nitrogens with zero attached hydrogens (tertiary/aromatic N) is 5. The van der Waals surface area contributed by atoms with E-state index >= 15 is 0 Å².